The van der Waals surface area contributed by atoms with Crippen molar-refractivity contribution in [3.8, 4) is 22.6 Å². The lowest BCUT2D eigenvalue weighted by molar-refractivity contribution is -0.187. The highest BCUT2D eigenvalue weighted by Crippen LogP contribution is 2.35. The average molecular weight is 658 g/mol. The van der Waals surface area contributed by atoms with Crippen LogP contribution < -0.4 is 20.9 Å². The molecule has 4 aromatic rings. The Morgan fingerprint density at radius 1 is 0.830 bits per heavy atom. The average Bonchev–Trinajstić information content (AvgIpc) is 3.00. The van der Waals surface area contributed by atoms with Gasteiger partial charge in [-0.1, -0.05) is 24.3 Å². The van der Waals surface area contributed by atoms with E-state index in [1.807, 2.05) is 6.07 Å². The molecule has 0 aromatic heterocycles. The highest BCUT2D eigenvalue weighted by molar-refractivity contribution is 5.87. The molecule has 0 aliphatic rings. The molecule has 4 aromatic carbocycles. The summed E-state index contributed by atoms with van der Waals surface area (Å²) >= 11 is 0. The van der Waals surface area contributed by atoms with Gasteiger partial charge in [0, 0.05) is 29.9 Å². The number of alkyl halides is 5. The van der Waals surface area contributed by atoms with Gasteiger partial charge in [-0.3, -0.25) is 0 Å². The van der Waals surface area contributed by atoms with Gasteiger partial charge < -0.3 is 25.7 Å². The van der Waals surface area contributed by atoms with Gasteiger partial charge in [0.15, 0.2) is 11.6 Å². The number of ether oxygens (including phenoxy) is 3. The van der Waals surface area contributed by atoms with Crippen molar-refractivity contribution in [3.05, 3.63) is 120 Å². The molecule has 0 amide bonds. The van der Waals surface area contributed by atoms with Crippen molar-refractivity contribution in [1.29, 1.82) is 0 Å². The smallest absolute Gasteiger partial charge is 0.426 e. The Bertz CT molecular complexity index is 1720. The van der Waals surface area contributed by atoms with Gasteiger partial charge in [-0.05, 0) is 102 Å². The number of rotatable bonds is 13. The predicted molar refractivity (Wildman–Crippen MR) is 167 cm³/mol. The number of unbranched alkanes of at least 4 members (excludes halogenated alkanes) is 1. The molecule has 0 spiro atoms. The first kappa shape index (κ1) is 34.7. The second kappa shape index (κ2) is 15.0. The van der Waals surface area contributed by atoms with E-state index in [1.165, 1.54) is 24.3 Å². The highest BCUT2D eigenvalue weighted by Gasteiger charge is 2.35. The predicted octanol–water partition coefficient (Wildman–Crippen LogP) is 8.84. The first-order valence-corrected chi connectivity index (χ1v) is 14.3. The van der Waals surface area contributed by atoms with E-state index in [4.69, 9.17) is 20.9 Å². The summed E-state index contributed by atoms with van der Waals surface area (Å²) in [7, 11) is 0. The van der Waals surface area contributed by atoms with Crippen LogP contribution in [0.5, 0.6) is 11.5 Å². The Balaban J connectivity index is 1.32. The normalized spacial score (nSPS) is 11.9. The Morgan fingerprint density at radius 2 is 1.51 bits per heavy atom. The molecule has 0 fully saturated rings. The van der Waals surface area contributed by atoms with Gasteiger partial charge in [-0.2, -0.15) is 22.0 Å². The second-order valence-electron chi connectivity index (χ2n) is 10.5. The van der Waals surface area contributed by atoms with E-state index in [-0.39, 0.29) is 31.8 Å². The molecule has 0 aliphatic heterocycles. The minimum atomic E-state index is -4.27. The van der Waals surface area contributed by atoms with Gasteiger partial charge in [-0.25, -0.2) is 9.18 Å². The van der Waals surface area contributed by atoms with Crippen molar-refractivity contribution in [2.75, 3.05) is 18.1 Å². The summed E-state index contributed by atoms with van der Waals surface area (Å²) < 4.78 is 95.9. The summed E-state index contributed by atoms with van der Waals surface area (Å²) in [6.45, 7) is 3.82. The van der Waals surface area contributed by atoms with Gasteiger partial charge in [0.1, 0.15) is 12.4 Å². The molecule has 0 saturated heterocycles. The maximum absolute atomic E-state index is 14.8. The third-order valence-corrected chi connectivity index (χ3v) is 6.84. The van der Waals surface area contributed by atoms with Crippen LogP contribution in [0.25, 0.3) is 17.2 Å². The molecule has 1 radical (unpaired) electrons. The Morgan fingerprint density at radius 3 is 2.17 bits per heavy atom. The van der Waals surface area contributed by atoms with Gasteiger partial charge in [0.05, 0.1) is 12.2 Å². The standard InChI is InChI=1S/C35H31F6N2O4/c1-22-18-26(42)9-12-29(22)30-13-10-27(43)19-24(30)21-46-33(44)15-6-23-4-7-25(8-5-23)35(40,41)47-32-14-11-28(20-31(32)36)45-17-3-2-16-34(37,38)39/h4-15,18-20H,1-3,16-17,21,42-43H2/b15-6+. The maximum Gasteiger partial charge on any atom is 0.426 e. The van der Waals surface area contributed by atoms with Crippen LogP contribution in [0.4, 0.5) is 37.7 Å². The number of esters is 1. The van der Waals surface area contributed by atoms with Crippen LogP contribution >= 0.6 is 0 Å². The van der Waals surface area contributed by atoms with Crippen molar-refractivity contribution < 1.29 is 45.3 Å². The lowest BCUT2D eigenvalue weighted by Crippen LogP contribution is -2.22. The lowest BCUT2D eigenvalue weighted by atomic mass is 9.95. The van der Waals surface area contributed by atoms with Crippen LogP contribution in [-0.2, 0) is 22.2 Å². The van der Waals surface area contributed by atoms with Crippen molar-refractivity contribution in [2.24, 2.45) is 0 Å². The molecule has 6 nitrogen and oxygen atoms in total. The van der Waals surface area contributed by atoms with E-state index in [0.29, 0.717) is 28.1 Å². The number of hydrogen-bond acceptors (Lipinski definition) is 6. The number of nitrogen functional groups attached to an aromatic ring is 2. The largest absolute Gasteiger partial charge is 0.493 e. The summed E-state index contributed by atoms with van der Waals surface area (Å²) in [6, 6.07) is 18.1. The quantitative estimate of drug-likeness (QED) is 0.0491. The van der Waals surface area contributed by atoms with Crippen molar-refractivity contribution in [3.63, 3.8) is 0 Å². The van der Waals surface area contributed by atoms with E-state index in [1.54, 1.807) is 30.3 Å². The van der Waals surface area contributed by atoms with Crippen LogP contribution in [-0.4, -0.2) is 18.8 Å². The van der Waals surface area contributed by atoms with Crippen molar-refractivity contribution >= 4 is 23.4 Å². The fourth-order valence-electron chi connectivity index (χ4n) is 4.49. The molecule has 4 N–H and O–H groups in total. The molecule has 0 heterocycles. The van der Waals surface area contributed by atoms with E-state index >= 15 is 0 Å². The van der Waals surface area contributed by atoms with E-state index in [0.717, 1.165) is 41.5 Å². The molecule has 247 valence electrons. The van der Waals surface area contributed by atoms with Gasteiger partial charge in [0.2, 0.25) is 0 Å². The number of carbonyl (C=O) groups is 1. The van der Waals surface area contributed by atoms with Crippen LogP contribution in [0.2, 0.25) is 0 Å². The SMILES string of the molecule is [CH2]c1cc(N)ccc1-c1ccc(N)cc1COC(=O)/C=C/c1ccc(C(F)(F)Oc2ccc(OCCCCC(F)(F)F)cc2F)cc1. The highest BCUT2D eigenvalue weighted by atomic mass is 19.4. The van der Waals surface area contributed by atoms with Crippen molar-refractivity contribution in [1.82, 2.24) is 0 Å². The number of anilines is 2. The molecule has 12 heteroatoms. The summed E-state index contributed by atoms with van der Waals surface area (Å²) in [5, 5.41) is 0. The summed E-state index contributed by atoms with van der Waals surface area (Å²) in [5.74, 6) is -2.62. The third kappa shape index (κ3) is 10.2. The fourth-order valence-corrected chi connectivity index (χ4v) is 4.49. The molecular weight excluding hydrogens is 626 g/mol. The Labute approximate surface area is 267 Å². The van der Waals surface area contributed by atoms with E-state index < -0.39 is 41.8 Å². The molecule has 0 bridgehead atoms. The van der Waals surface area contributed by atoms with Gasteiger partial charge in [0.25, 0.3) is 0 Å². The molecule has 0 unspecified atom stereocenters. The van der Waals surface area contributed by atoms with Crippen LogP contribution in [0, 0.1) is 12.7 Å². The topological polar surface area (TPSA) is 96.8 Å². The van der Waals surface area contributed by atoms with E-state index in [9.17, 15) is 31.1 Å². The number of hydrogen-bond donors (Lipinski definition) is 2. The molecule has 0 saturated carbocycles. The van der Waals surface area contributed by atoms with Crippen LogP contribution in [0.1, 0.15) is 41.5 Å². The Kier molecular flexibility index (Phi) is 11.1. The summed E-state index contributed by atoms with van der Waals surface area (Å²) in [4.78, 5) is 12.4. The zero-order valence-electron chi connectivity index (χ0n) is 25.0. The minimum Gasteiger partial charge on any atom is -0.493 e. The number of nitrogens with two attached hydrogens (primary N) is 2. The van der Waals surface area contributed by atoms with Gasteiger partial charge >= 0.3 is 18.3 Å². The molecule has 47 heavy (non-hydrogen) atoms. The number of carbonyl (C=O) groups excluding carboxylic acids is 1. The summed E-state index contributed by atoms with van der Waals surface area (Å²) in [6.07, 6.45) is -6.72. The first-order valence-electron chi connectivity index (χ1n) is 14.3. The van der Waals surface area contributed by atoms with Crippen LogP contribution in [0.3, 0.4) is 0 Å². The maximum atomic E-state index is 14.8. The number of benzene rings is 4. The van der Waals surface area contributed by atoms with E-state index in [2.05, 4.69) is 11.7 Å². The first-order chi connectivity index (χ1) is 22.2. The molecule has 0 aliphatic carbocycles. The van der Waals surface area contributed by atoms with Crippen molar-refractivity contribution in [2.45, 2.75) is 38.2 Å². The second-order valence-corrected chi connectivity index (χ2v) is 10.5. The zero-order chi connectivity index (χ0) is 34.2. The lowest BCUT2D eigenvalue weighted by Gasteiger charge is -2.19. The zero-order valence-corrected chi connectivity index (χ0v) is 25.0. The summed E-state index contributed by atoms with van der Waals surface area (Å²) in [5.41, 5.74) is 15.5. The van der Waals surface area contributed by atoms with Crippen LogP contribution in [0.15, 0.2) is 84.9 Å². The Hall–Kier alpha value is -5.13. The molecule has 0 atom stereocenters. The molecular formula is C35H31F6N2O4. The van der Waals surface area contributed by atoms with Gasteiger partial charge in [-0.15, -0.1) is 0 Å². The monoisotopic (exact) mass is 657 g/mol. The third-order valence-electron chi connectivity index (χ3n) is 6.84. The molecule has 4 rings (SSSR count). The number of halogens is 6. The minimum absolute atomic E-state index is 0.0395. The fraction of sp³-hybridized carbons (Fsp3) is 0.200.